The second kappa shape index (κ2) is 5.48. The van der Waals surface area contributed by atoms with E-state index >= 15 is 0 Å². The lowest BCUT2D eigenvalue weighted by molar-refractivity contribution is 0.612. The summed E-state index contributed by atoms with van der Waals surface area (Å²) in [6.07, 6.45) is 0. The molecule has 0 radical (unpaired) electrons. The van der Waals surface area contributed by atoms with Crippen LogP contribution in [0.4, 0.5) is 14.5 Å². The molecule has 0 fully saturated rings. The summed E-state index contributed by atoms with van der Waals surface area (Å²) in [5, 5.41) is 3.10. The number of hydrogen-bond donors (Lipinski definition) is 1. The molecule has 2 rings (SSSR count). The number of rotatable bonds is 3. The van der Waals surface area contributed by atoms with Gasteiger partial charge in [0.05, 0.1) is 4.47 Å². The van der Waals surface area contributed by atoms with Gasteiger partial charge >= 0.3 is 0 Å². The molecule has 4 heteroatoms. The highest BCUT2D eigenvalue weighted by Crippen LogP contribution is 2.24. The molecule has 0 aromatic heterocycles. The Morgan fingerprint density at radius 2 is 1.83 bits per heavy atom. The van der Waals surface area contributed by atoms with Crippen molar-refractivity contribution in [2.75, 3.05) is 5.32 Å². The van der Waals surface area contributed by atoms with Gasteiger partial charge in [-0.15, -0.1) is 0 Å². The molecule has 18 heavy (non-hydrogen) atoms. The number of aryl methyl sites for hydroxylation is 1. The predicted molar refractivity (Wildman–Crippen MR) is 72.6 cm³/mol. The third kappa shape index (κ3) is 2.88. The Kier molecular flexibility index (Phi) is 3.97. The first kappa shape index (κ1) is 13.0. The van der Waals surface area contributed by atoms with Crippen LogP contribution in [0.1, 0.15) is 11.1 Å². The first-order valence-electron chi connectivity index (χ1n) is 5.51. The molecule has 0 spiro atoms. The van der Waals surface area contributed by atoms with E-state index in [1.165, 1.54) is 12.1 Å². The summed E-state index contributed by atoms with van der Waals surface area (Å²) in [5.74, 6) is -0.548. The van der Waals surface area contributed by atoms with Crippen molar-refractivity contribution in [3.8, 4) is 0 Å². The average molecular weight is 312 g/mol. The van der Waals surface area contributed by atoms with E-state index in [4.69, 9.17) is 0 Å². The van der Waals surface area contributed by atoms with Crippen LogP contribution in [0.15, 0.2) is 40.9 Å². The monoisotopic (exact) mass is 311 g/mol. The molecule has 94 valence electrons. The van der Waals surface area contributed by atoms with Crippen molar-refractivity contribution in [1.82, 2.24) is 0 Å². The maximum absolute atomic E-state index is 13.4. The van der Waals surface area contributed by atoms with Gasteiger partial charge < -0.3 is 5.32 Å². The molecule has 2 aromatic carbocycles. The van der Waals surface area contributed by atoms with E-state index in [1.807, 2.05) is 0 Å². The van der Waals surface area contributed by atoms with Gasteiger partial charge in [-0.3, -0.25) is 0 Å². The van der Waals surface area contributed by atoms with Gasteiger partial charge in [-0.25, -0.2) is 8.78 Å². The van der Waals surface area contributed by atoms with Crippen LogP contribution in [0, 0.1) is 18.6 Å². The lowest BCUT2D eigenvalue weighted by Crippen LogP contribution is -2.03. The van der Waals surface area contributed by atoms with Crippen LogP contribution in [-0.4, -0.2) is 0 Å². The van der Waals surface area contributed by atoms with Crippen LogP contribution in [-0.2, 0) is 6.54 Å². The van der Waals surface area contributed by atoms with Crippen molar-refractivity contribution in [2.45, 2.75) is 13.5 Å². The van der Waals surface area contributed by atoms with Crippen LogP contribution in [0.3, 0.4) is 0 Å². The Morgan fingerprint density at radius 3 is 2.56 bits per heavy atom. The Morgan fingerprint density at radius 1 is 1.11 bits per heavy atom. The molecular formula is C14H12BrF2N. The first-order chi connectivity index (χ1) is 8.58. The van der Waals surface area contributed by atoms with Crippen molar-refractivity contribution < 1.29 is 8.78 Å². The number of hydrogen-bond acceptors (Lipinski definition) is 1. The fraction of sp³-hybridized carbons (Fsp3) is 0.143. The molecule has 0 saturated heterocycles. The molecule has 1 nitrogen and oxygen atoms in total. The molecular weight excluding hydrogens is 300 g/mol. The van der Waals surface area contributed by atoms with Gasteiger partial charge in [-0.05, 0) is 46.6 Å². The van der Waals surface area contributed by atoms with Gasteiger partial charge in [0.15, 0.2) is 0 Å². The van der Waals surface area contributed by atoms with E-state index in [2.05, 4.69) is 21.2 Å². The second-order valence-electron chi connectivity index (χ2n) is 4.03. The van der Waals surface area contributed by atoms with Crippen LogP contribution in [0.25, 0.3) is 0 Å². The van der Waals surface area contributed by atoms with Crippen LogP contribution >= 0.6 is 15.9 Å². The minimum atomic E-state index is -0.302. The number of nitrogens with one attached hydrogen (secondary N) is 1. The summed E-state index contributed by atoms with van der Waals surface area (Å²) >= 11 is 3.13. The summed E-state index contributed by atoms with van der Waals surface area (Å²) in [4.78, 5) is 0. The molecule has 0 atom stereocenters. The summed E-state index contributed by atoms with van der Waals surface area (Å²) in [5.41, 5.74) is 2.15. The highest BCUT2D eigenvalue weighted by molar-refractivity contribution is 9.10. The van der Waals surface area contributed by atoms with E-state index in [1.54, 1.807) is 31.2 Å². The highest BCUT2D eigenvalue weighted by atomic mass is 79.9. The highest BCUT2D eigenvalue weighted by Gasteiger charge is 2.06. The number of benzene rings is 2. The Balaban J connectivity index is 2.16. The van der Waals surface area contributed by atoms with Gasteiger partial charge in [0.25, 0.3) is 0 Å². The number of anilines is 1. The van der Waals surface area contributed by atoms with Gasteiger partial charge in [0.1, 0.15) is 11.6 Å². The smallest absolute Gasteiger partial charge is 0.137 e. The van der Waals surface area contributed by atoms with Crippen LogP contribution in [0.2, 0.25) is 0 Å². The first-order valence-corrected chi connectivity index (χ1v) is 6.30. The van der Waals surface area contributed by atoms with Crippen LogP contribution in [0.5, 0.6) is 0 Å². The predicted octanol–water partition coefficient (Wildman–Crippen LogP) is 4.65. The van der Waals surface area contributed by atoms with Crippen molar-refractivity contribution >= 4 is 21.6 Å². The van der Waals surface area contributed by atoms with E-state index in [9.17, 15) is 8.78 Å². The lowest BCUT2D eigenvalue weighted by atomic mass is 10.1. The SMILES string of the molecule is Cc1cc(F)c(Br)cc1NCc1ccccc1F. The zero-order valence-electron chi connectivity index (χ0n) is 9.81. The lowest BCUT2D eigenvalue weighted by Gasteiger charge is -2.11. The van der Waals surface area contributed by atoms with Crippen molar-refractivity contribution in [1.29, 1.82) is 0 Å². The fourth-order valence-corrected chi connectivity index (χ4v) is 2.01. The van der Waals surface area contributed by atoms with Crippen molar-refractivity contribution in [2.24, 2.45) is 0 Å². The molecule has 0 heterocycles. The van der Waals surface area contributed by atoms with Gasteiger partial charge in [0, 0.05) is 17.8 Å². The maximum Gasteiger partial charge on any atom is 0.137 e. The van der Waals surface area contributed by atoms with Gasteiger partial charge in [-0.2, -0.15) is 0 Å². The minimum absolute atomic E-state index is 0.246. The Bertz CT molecular complexity index is 570. The van der Waals surface area contributed by atoms with Crippen LogP contribution < -0.4 is 5.32 Å². The molecule has 1 N–H and O–H groups in total. The molecule has 0 saturated carbocycles. The summed E-state index contributed by atoms with van der Waals surface area (Å²) in [6, 6.07) is 9.67. The minimum Gasteiger partial charge on any atom is -0.381 e. The molecule has 0 unspecified atom stereocenters. The maximum atomic E-state index is 13.4. The third-order valence-corrected chi connectivity index (χ3v) is 3.30. The molecule has 0 amide bonds. The van der Waals surface area contributed by atoms with E-state index in [-0.39, 0.29) is 11.6 Å². The molecule has 0 aliphatic heterocycles. The zero-order valence-corrected chi connectivity index (χ0v) is 11.4. The molecule has 0 aliphatic carbocycles. The van der Waals surface area contributed by atoms with E-state index in [0.29, 0.717) is 16.6 Å². The quantitative estimate of drug-likeness (QED) is 0.870. The molecule has 0 bridgehead atoms. The molecule has 2 aromatic rings. The number of halogens is 3. The average Bonchev–Trinajstić information content (AvgIpc) is 2.34. The normalized spacial score (nSPS) is 10.4. The molecule has 0 aliphatic rings. The Hall–Kier alpha value is -1.42. The second-order valence-corrected chi connectivity index (χ2v) is 4.88. The summed E-state index contributed by atoms with van der Waals surface area (Å²) in [6.45, 7) is 2.17. The topological polar surface area (TPSA) is 12.0 Å². The Labute approximate surface area is 113 Å². The standard InChI is InChI=1S/C14H12BrF2N/c1-9-6-13(17)11(15)7-14(9)18-8-10-4-2-3-5-12(10)16/h2-7,18H,8H2,1H3. The van der Waals surface area contributed by atoms with Gasteiger partial charge in [-0.1, -0.05) is 18.2 Å². The van der Waals surface area contributed by atoms with E-state index in [0.717, 1.165) is 11.3 Å². The summed E-state index contributed by atoms with van der Waals surface area (Å²) in [7, 11) is 0. The summed E-state index contributed by atoms with van der Waals surface area (Å²) < 4.78 is 27.1. The third-order valence-electron chi connectivity index (χ3n) is 2.69. The van der Waals surface area contributed by atoms with Crippen molar-refractivity contribution in [3.05, 3.63) is 63.6 Å². The largest absolute Gasteiger partial charge is 0.381 e. The zero-order chi connectivity index (χ0) is 13.1. The van der Waals surface area contributed by atoms with Crippen molar-refractivity contribution in [3.63, 3.8) is 0 Å². The fourth-order valence-electron chi connectivity index (χ4n) is 1.67. The van der Waals surface area contributed by atoms with Gasteiger partial charge in [0.2, 0.25) is 0 Å². The van der Waals surface area contributed by atoms with E-state index < -0.39 is 0 Å².